The van der Waals surface area contributed by atoms with Gasteiger partial charge in [0.2, 0.25) is 17.7 Å². The average molecular weight is 410 g/mol. The first-order valence-corrected chi connectivity index (χ1v) is 10.7. The predicted octanol–water partition coefficient (Wildman–Crippen LogP) is 0.574. The maximum absolute atomic E-state index is 13.5. The molecule has 3 fully saturated rings. The summed E-state index contributed by atoms with van der Waals surface area (Å²) >= 11 is 0. The van der Waals surface area contributed by atoms with Gasteiger partial charge in [-0.15, -0.1) is 0 Å². The molecular weight excluding hydrogens is 374 g/mol. The average Bonchev–Trinajstić information content (AvgIpc) is 3.18. The number of carbonyl (C=O) groups is 3. The smallest absolute Gasteiger partial charge is 0.246 e. The zero-order valence-electron chi connectivity index (χ0n) is 18.2. The van der Waals surface area contributed by atoms with Crippen LogP contribution in [0.3, 0.4) is 0 Å². The van der Waals surface area contributed by atoms with Gasteiger partial charge in [0.15, 0.2) is 0 Å². The number of nitrogens with one attached hydrogen (secondary N) is 2. The molecule has 3 saturated heterocycles. The number of ether oxygens (including phenoxy) is 1. The minimum Gasteiger partial charge on any atom is -0.396 e. The monoisotopic (exact) mass is 409 g/mol. The lowest BCUT2D eigenvalue weighted by Gasteiger charge is -2.35. The molecule has 0 radical (unpaired) electrons. The van der Waals surface area contributed by atoms with Crippen LogP contribution in [0, 0.1) is 11.8 Å². The van der Waals surface area contributed by atoms with Crippen LogP contribution in [-0.2, 0) is 19.1 Å². The molecule has 3 N–H and O–H groups in total. The second kappa shape index (κ2) is 7.54. The van der Waals surface area contributed by atoms with E-state index in [0.717, 1.165) is 6.42 Å². The molecule has 1 spiro atoms. The molecule has 2 bridgehead atoms. The number of unbranched alkanes of at least 4 members (excludes halogenated alkanes) is 2. The molecule has 2 unspecified atom stereocenters. The number of nitrogens with zero attached hydrogens (tertiary/aromatic N) is 1. The number of likely N-dealkylation sites (tertiary alicyclic amines) is 1. The van der Waals surface area contributed by atoms with Crippen LogP contribution < -0.4 is 10.6 Å². The highest BCUT2D eigenvalue weighted by Crippen LogP contribution is 2.63. The highest BCUT2D eigenvalue weighted by molar-refractivity contribution is 5.99. The van der Waals surface area contributed by atoms with Gasteiger partial charge in [0.25, 0.3) is 0 Å². The third-order valence-corrected chi connectivity index (χ3v) is 6.61. The molecule has 0 aliphatic carbocycles. The van der Waals surface area contributed by atoms with E-state index in [4.69, 9.17) is 9.84 Å². The van der Waals surface area contributed by atoms with Crippen molar-refractivity contribution in [1.82, 2.24) is 15.5 Å². The van der Waals surface area contributed by atoms with Crippen molar-refractivity contribution in [2.24, 2.45) is 11.8 Å². The molecule has 0 aromatic carbocycles. The Labute approximate surface area is 172 Å². The van der Waals surface area contributed by atoms with Crippen molar-refractivity contribution in [3.05, 3.63) is 0 Å². The topological polar surface area (TPSA) is 108 Å². The van der Waals surface area contributed by atoms with E-state index in [-0.39, 0.29) is 24.3 Å². The van der Waals surface area contributed by atoms with Crippen molar-refractivity contribution in [3.8, 4) is 0 Å². The summed E-state index contributed by atoms with van der Waals surface area (Å²) in [5, 5.41) is 14.7. The van der Waals surface area contributed by atoms with Gasteiger partial charge in [-0.1, -0.05) is 0 Å². The van der Waals surface area contributed by atoms with Crippen LogP contribution in [0.5, 0.6) is 0 Å². The standard InChI is InChI=1S/C21H35N3O5/c1-19(2,3)23-17(27)15-21-10-9-20(4,29-21)13(16(26)22-5)14(21)18(28)24(15)11-7-6-8-12-25/h13-15,25H,6-12H2,1-5H3,(H,22,26)(H,23,27)/t13-,14+,15?,20+,21?/m1/s1. The number of hydrogen-bond donors (Lipinski definition) is 3. The zero-order valence-corrected chi connectivity index (χ0v) is 18.2. The first-order valence-electron chi connectivity index (χ1n) is 10.7. The van der Waals surface area contributed by atoms with Gasteiger partial charge < -0.3 is 25.4 Å². The van der Waals surface area contributed by atoms with Crippen molar-refractivity contribution in [2.75, 3.05) is 20.2 Å². The molecule has 0 aromatic heterocycles. The van der Waals surface area contributed by atoms with Crippen molar-refractivity contribution in [2.45, 2.75) is 82.6 Å². The first kappa shape index (κ1) is 22.0. The quantitative estimate of drug-likeness (QED) is 0.533. The summed E-state index contributed by atoms with van der Waals surface area (Å²) in [6, 6.07) is -0.746. The van der Waals surface area contributed by atoms with Gasteiger partial charge in [-0.05, 0) is 59.8 Å². The first-order chi connectivity index (χ1) is 13.5. The van der Waals surface area contributed by atoms with Crippen molar-refractivity contribution < 1.29 is 24.2 Å². The van der Waals surface area contributed by atoms with E-state index in [0.29, 0.717) is 32.2 Å². The van der Waals surface area contributed by atoms with Gasteiger partial charge >= 0.3 is 0 Å². The van der Waals surface area contributed by atoms with Crippen LogP contribution in [0.1, 0.15) is 59.8 Å². The Morgan fingerprint density at radius 1 is 1.21 bits per heavy atom. The molecule has 3 heterocycles. The highest BCUT2D eigenvalue weighted by Gasteiger charge is 2.77. The number of hydrogen-bond acceptors (Lipinski definition) is 5. The molecule has 8 nitrogen and oxygen atoms in total. The van der Waals surface area contributed by atoms with Gasteiger partial charge in [-0.3, -0.25) is 14.4 Å². The van der Waals surface area contributed by atoms with E-state index in [1.165, 1.54) is 0 Å². The fourth-order valence-corrected chi connectivity index (χ4v) is 5.53. The second-order valence-corrected chi connectivity index (χ2v) is 9.90. The van der Waals surface area contributed by atoms with Gasteiger partial charge in [-0.25, -0.2) is 0 Å². The normalized spacial score (nSPS) is 35.7. The van der Waals surface area contributed by atoms with Crippen molar-refractivity contribution in [3.63, 3.8) is 0 Å². The van der Waals surface area contributed by atoms with Crippen LogP contribution in [-0.4, -0.2) is 70.7 Å². The Morgan fingerprint density at radius 3 is 2.48 bits per heavy atom. The molecule has 8 heteroatoms. The summed E-state index contributed by atoms with van der Waals surface area (Å²) in [5.41, 5.74) is -2.14. The maximum atomic E-state index is 13.5. The number of fused-ring (bicyclic) bond motifs is 1. The number of aliphatic hydroxyl groups is 1. The van der Waals surface area contributed by atoms with E-state index >= 15 is 0 Å². The molecule has 0 aromatic rings. The third kappa shape index (κ3) is 3.54. The van der Waals surface area contributed by atoms with Crippen LogP contribution in [0.15, 0.2) is 0 Å². The van der Waals surface area contributed by atoms with Gasteiger partial charge in [0.05, 0.1) is 17.4 Å². The Kier molecular flexibility index (Phi) is 5.73. The molecule has 3 aliphatic rings. The molecule has 3 amide bonds. The third-order valence-electron chi connectivity index (χ3n) is 6.61. The number of amides is 3. The summed E-state index contributed by atoms with van der Waals surface area (Å²) < 4.78 is 6.46. The summed E-state index contributed by atoms with van der Waals surface area (Å²) in [7, 11) is 1.57. The Morgan fingerprint density at radius 2 is 1.90 bits per heavy atom. The van der Waals surface area contributed by atoms with Gasteiger partial charge in [0.1, 0.15) is 11.6 Å². The fraction of sp³-hybridized carbons (Fsp3) is 0.857. The molecule has 164 valence electrons. The van der Waals surface area contributed by atoms with E-state index in [1.807, 2.05) is 27.7 Å². The van der Waals surface area contributed by atoms with E-state index < -0.39 is 34.6 Å². The lowest BCUT2D eigenvalue weighted by atomic mass is 9.66. The van der Waals surface area contributed by atoms with Crippen LogP contribution in [0.4, 0.5) is 0 Å². The lowest BCUT2D eigenvalue weighted by molar-refractivity contribution is -0.146. The Bertz CT molecular complexity index is 690. The number of aliphatic hydroxyl groups excluding tert-OH is 1. The molecule has 5 atom stereocenters. The van der Waals surface area contributed by atoms with Gasteiger partial charge in [-0.2, -0.15) is 0 Å². The molecule has 0 saturated carbocycles. The molecule has 3 aliphatic heterocycles. The van der Waals surface area contributed by atoms with Crippen LogP contribution in [0.25, 0.3) is 0 Å². The summed E-state index contributed by atoms with van der Waals surface area (Å²) in [4.78, 5) is 41.2. The lowest BCUT2D eigenvalue weighted by Crippen LogP contribution is -2.58. The Hall–Kier alpha value is -1.67. The van der Waals surface area contributed by atoms with Crippen molar-refractivity contribution in [1.29, 1.82) is 0 Å². The van der Waals surface area contributed by atoms with E-state index in [2.05, 4.69) is 10.6 Å². The second-order valence-electron chi connectivity index (χ2n) is 9.90. The molecular formula is C21H35N3O5. The predicted molar refractivity (Wildman–Crippen MR) is 107 cm³/mol. The SMILES string of the molecule is CNC(=O)[C@H]1[C@H]2C(=O)N(CCCCCO)C(C(=O)NC(C)(C)C)C23CC[C@]1(C)O3. The van der Waals surface area contributed by atoms with E-state index in [9.17, 15) is 14.4 Å². The number of carbonyl (C=O) groups excluding carboxylic acids is 3. The van der Waals surface area contributed by atoms with Crippen LogP contribution in [0.2, 0.25) is 0 Å². The fourth-order valence-electron chi connectivity index (χ4n) is 5.53. The Balaban J connectivity index is 1.97. The summed E-state index contributed by atoms with van der Waals surface area (Å²) in [5.74, 6) is -1.84. The van der Waals surface area contributed by atoms with Gasteiger partial charge in [0, 0.05) is 25.7 Å². The molecule has 29 heavy (non-hydrogen) atoms. The summed E-state index contributed by atoms with van der Waals surface area (Å²) in [6.07, 6.45) is 3.35. The van der Waals surface area contributed by atoms with E-state index in [1.54, 1.807) is 11.9 Å². The van der Waals surface area contributed by atoms with Crippen molar-refractivity contribution >= 4 is 17.7 Å². The maximum Gasteiger partial charge on any atom is 0.246 e. The number of rotatable bonds is 7. The minimum atomic E-state index is -0.963. The highest BCUT2D eigenvalue weighted by atomic mass is 16.5. The molecule has 3 rings (SSSR count). The zero-order chi connectivity index (χ0) is 21.6. The van der Waals surface area contributed by atoms with Crippen LogP contribution >= 0.6 is 0 Å². The summed E-state index contributed by atoms with van der Waals surface area (Å²) in [6.45, 7) is 8.13. The minimum absolute atomic E-state index is 0.106. The largest absolute Gasteiger partial charge is 0.396 e.